The normalized spacial score (nSPS) is 11.6. The Morgan fingerprint density at radius 1 is 0.667 bits per heavy atom. The van der Waals surface area contributed by atoms with Gasteiger partial charge in [-0.05, 0) is 38.5 Å². The third kappa shape index (κ3) is 15.1. The summed E-state index contributed by atoms with van der Waals surface area (Å²) < 4.78 is 0. The molecule has 1 heteroatoms. The second-order valence-electron chi connectivity index (χ2n) is 4.83. The third-order valence-electron chi connectivity index (χ3n) is 3.02. The van der Waals surface area contributed by atoms with Crippen molar-refractivity contribution in [1.29, 1.82) is 0 Å². The number of unbranched alkanes of at least 4 members (excludes halogenated alkanes) is 8. The fourth-order valence-electron chi connectivity index (χ4n) is 1.86. The van der Waals surface area contributed by atoms with E-state index < -0.39 is 0 Å². The maximum atomic E-state index is 10.1. The summed E-state index contributed by atoms with van der Waals surface area (Å²) in [6.07, 6.45) is 23.2. The first-order chi connectivity index (χ1) is 8.91. The molecule has 0 aliphatic rings. The van der Waals surface area contributed by atoms with Crippen molar-refractivity contribution in [3.63, 3.8) is 0 Å². The molecule has 0 aromatic carbocycles. The molecule has 0 spiro atoms. The molecule has 0 saturated heterocycles. The Hall–Kier alpha value is -0.850. The third-order valence-corrected chi connectivity index (χ3v) is 3.02. The van der Waals surface area contributed by atoms with Crippen molar-refractivity contribution in [2.45, 2.75) is 77.6 Å². The second kappa shape index (κ2) is 16.1. The Bertz CT molecular complexity index is 216. The van der Waals surface area contributed by atoms with Gasteiger partial charge in [0, 0.05) is 6.42 Å². The zero-order valence-electron chi connectivity index (χ0n) is 12.1. The van der Waals surface area contributed by atoms with E-state index in [2.05, 4.69) is 31.2 Å². The summed E-state index contributed by atoms with van der Waals surface area (Å²) in [6, 6.07) is 0. The van der Waals surface area contributed by atoms with Crippen molar-refractivity contribution >= 4 is 6.29 Å². The van der Waals surface area contributed by atoms with Gasteiger partial charge in [0.05, 0.1) is 0 Å². The van der Waals surface area contributed by atoms with Crippen molar-refractivity contribution in [2.24, 2.45) is 0 Å². The van der Waals surface area contributed by atoms with Crippen LogP contribution >= 0.6 is 0 Å². The summed E-state index contributed by atoms with van der Waals surface area (Å²) in [5.74, 6) is 0. The molecule has 0 fully saturated rings. The number of aldehydes is 1. The van der Waals surface area contributed by atoms with E-state index in [1.807, 2.05) is 0 Å². The standard InChI is InChI=1S/C17H30O/c1-2-3-4-5-6-7-8-9-10-11-12-13-14-15-16-17-18/h6-7,9-10,17H,2-5,8,11-16H2,1H3/b7-6-,10-9+. The largest absolute Gasteiger partial charge is 0.303 e. The van der Waals surface area contributed by atoms with Gasteiger partial charge in [-0.15, -0.1) is 0 Å². The second-order valence-corrected chi connectivity index (χ2v) is 4.83. The minimum absolute atomic E-state index is 0.735. The van der Waals surface area contributed by atoms with Crippen molar-refractivity contribution in [1.82, 2.24) is 0 Å². The Labute approximate surface area is 113 Å². The van der Waals surface area contributed by atoms with Gasteiger partial charge in [0.2, 0.25) is 0 Å². The van der Waals surface area contributed by atoms with Crippen LogP contribution in [0.15, 0.2) is 24.3 Å². The molecule has 104 valence electrons. The van der Waals surface area contributed by atoms with E-state index in [1.165, 1.54) is 51.4 Å². The van der Waals surface area contributed by atoms with Crippen LogP contribution in [0.3, 0.4) is 0 Å². The maximum Gasteiger partial charge on any atom is 0.119 e. The molecule has 0 N–H and O–H groups in total. The summed E-state index contributed by atoms with van der Waals surface area (Å²) in [7, 11) is 0. The molecular weight excluding hydrogens is 220 g/mol. The zero-order chi connectivity index (χ0) is 13.3. The quantitative estimate of drug-likeness (QED) is 0.236. The van der Waals surface area contributed by atoms with Crippen LogP contribution in [0.1, 0.15) is 77.6 Å². The molecule has 0 radical (unpaired) electrons. The van der Waals surface area contributed by atoms with Crippen LogP contribution in [0.5, 0.6) is 0 Å². The monoisotopic (exact) mass is 250 g/mol. The molecule has 18 heavy (non-hydrogen) atoms. The molecule has 0 saturated carbocycles. The van der Waals surface area contributed by atoms with Gasteiger partial charge in [0.1, 0.15) is 6.29 Å². The first kappa shape index (κ1) is 17.2. The number of carbonyl (C=O) groups excluding carboxylic acids is 1. The number of allylic oxidation sites excluding steroid dienone is 4. The molecule has 0 unspecified atom stereocenters. The molecule has 0 heterocycles. The molecular formula is C17H30O. The van der Waals surface area contributed by atoms with Gasteiger partial charge in [-0.2, -0.15) is 0 Å². The molecule has 0 atom stereocenters. The maximum absolute atomic E-state index is 10.1. The summed E-state index contributed by atoms with van der Waals surface area (Å²) >= 11 is 0. The lowest BCUT2D eigenvalue weighted by atomic mass is 10.1. The van der Waals surface area contributed by atoms with Gasteiger partial charge >= 0.3 is 0 Å². The minimum atomic E-state index is 0.735. The van der Waals surface area contributed by atoms with Gasteiger partial charge in [-0.1, -0.05) is 56.9 Å². The van der Waals surface area contributed by atoms with Crippen LogP contribution in [-0.2, 0) is 4.79 Å². The van der Waals surface area contributed by atoms with Crippen LogP contribution in [0.4, 0.5) is 0 Å². The molecule has 0 aliphatic heterocycles. The lowest BCUT2D eigenvalue weighted by molar-refractivity contribution is -0.107. The fourth-order valence-corrected chi connectivity index (χ4v) is 1.86. The van der Waals surface area contributed by atoms with E-state index in [-0.39, 0.29) is 0 Å². The van der Waals surface area contributed by atoms with Crippen molar-refractivity contribution in [2.75, 3.05) is 0 Å². The number of carbonyl (C=O) groups is 1. The summed E-state index contributed by atoms with van der Waals surface area (Å²) in [5, 5.41) is 0. The zero-order valence-corrected chi connectivity index (χ0v) is 12.1. The van der Waals surface area contributed by atoms with Crippen LogP contribution in [0.25, 0.3) is 0 Å². The molecule has 0 aromatic rings. The van der Waals surface area contributed by atoms with Gasteiger partial charge in [-0.3, -0.25) is 0 Å². The minimum Gasteiger partial charge on any atom is -0.303 e. The smallest absolute Gasteiger partial charge is 0.119 e. The Kier molecular flexibility index (Phi) is 15.4. The Morgan fingerprint density at radius 3 is 1.78 bits per heavy atom. The predicted molar refractivity (Wildman–Crippen MR) is 80.8 cm³/mol. The van der Waals surface area contributed by atoms with E-state index in [9.17, 15) is 4.79 Å². The van der Waals surface area contributed by atoms with Crippen molar-refractivity contribution in [3.05, 3.63) is 24.3 Å². The molecule has 0 rings (SSSR count). The topological polar surface area (TPSA) is 17.1 Å². The molecule has 1 nitrogen and oxygen atoms in total. The highest BCUT2D eigenvalue weighted by molar-refractivity contribution is 5.48. The molecule has 0 bridgehead atoms. The molecule has 0 aromatic heterocycles. The highest BCUT2D eigenvalue weighted by Gasteiger charge is 1.87. The van der Waals surface area contributed by atoms with E-state index in [0.717, 1.165) is 25.5 Å². The summed E-state index contributed by atoms with van der Waals surface area (Å²) in [6.45, 7) is 2.24. The molecule has 0 amide bonds. The Morgan fingerprint density at radius 2 is 1.22 bits per heavy atom. The van der Waals surface area contributed by atoms with Gasteiger partial charge in [0.15, 0.2) is 0 Å². The fraction of sp³-hybridized carbons (Fsp3) is 0.706. The van der Waals surface area contributed by atoms with Crippen molar-refractivity contribution in [3.8, 4) is 0 Å². The highest BCUT2D eigenvalue weighted by atomic mass is 16.1. The lowest BCUT2D eigenvalue weighted by Gasteiger charge is -1.95. The SMILES string of the molecule is CCCCC/C=C\C/C=C/CCCCCCC=O. The Balaban J connectivity index is 3.15. The first-order valence-electron chi connectivity index (χ1n) is 7.65. The first-order valence-corrected chi connectivity index (χ1v) is 7.65. The number of hydrogen-bond donors (Lipinski definition) is 0. The van der Waals surface area contributed by atoms with Crippen LogP contribution < -0.4 is 0 Å². The average molecular weight is 250 g/mol. The van der Waals surface area contributed by atoms with E-state index >= 15 is 0 Å². The lowest BCUT2D eigenvalue weighted by Crippen LogP contribution is -1.79. The van der Waals surface area contributed by atoms with Crippen molar-refractivity contribution < 1.29 is 4.79 Å². The average Bonchev–Trinajstić information content (AvgIpc) is 2.39. The van der Waals surface area contributed by atoms with Gasteiger partial charge in [-0.25, -0.2) is 0 Å². The number of hydrogen-bond acceptors (Lipinski definition) is 1. The predicted octanol–water partition coefficient (Wildman–Crippen LogP) is 5.61. The summed E-state index contributed by atoms with van der Waals surface area (Å²) in [4.78, 5) is 10.1. The molecule has 0 aliphatic carbocycles. The van der Waals surface area contributed by atoms with E-state index in [4.69, 9.17) is 0 Å². The number of rotatable bonds is 13. The van der Waals surface area contributed by atoms with Crippen LogP contribution in [0, 0.1) is 0 Å². The summed E-state index contributed by atoms with van der Waals surface area (Å²) in [5.41, 5.74) is 0. The van der Waals surface area contributed by atoms with E-state index in [0.29, 0.717) is 0 Å². The van der Waals surface area contributed by atoms with Gasteiger partial charge in [0.25, 0.3) is 0 Å². The van der Waals surface area contributed by atoms with Crippen LogP contribution in [-0.4, -0.2) is 6.29 Å². The highest BCUT2D eigenvalue weighted by Crippen LogP contribution is 2.05. The van der Waals surface area contributed by atoms with Gasteiger partial charge < -0.3 is 4.79 Å². The van der Waals surface area contributed by atoms with E-state index in [1.54, 1.807) is 0 Å². The van der Waals surface area contributed by atoms with Crippen LogP contribution in [0.2, 0.25) is 0 Å².